The van der Waals surface area contributed by atoms with Crippen molar-refractivity contribution in [1.82, 2.24) is 4.98 Å². The van der Waals surface area contributed by atoms with Crippen LogP contribution in [0, 0.1) is 11.8 Å². The lowest BCUT2D eigenvalue weighted by Gasteiger charge is -1.93. The highest BCUT2D eigenvalue weighted by atomic mass is 14.7. The summed E-state index contributed by atoms with van der Waals surface area (Å²) in [5.74, 6) is 6.22. The molecule has 0 aliphatic heterocycles. The average Bonchev–Trinajstić information content (AvgIpc) is 2.77. The molecule has 3 aromatic rings. The Balaban J connectivity index is 2.16. The maximum absolute atomic E-state index is 5.43. The fourth-order valence-corrected chi connectivity index (χ4v) is 2.16. The van der Waals surface area contributed by atoms with Crippen LogP contribution in [0.3, 0.4) is 0 Å². The lowest BCUT2D eigenvalue weighted by molar-refractivity contribution is 1.03. The molecule has 88 valence electrons. The molecule has 0 atom stereocenters. The highest BCUT2D eigenvalue weighted by Crippen LogP contribution is 2.25. The predicted octanol–water partition coefficient (Wildman–Crippen LogP) is 3.02. The molecule has 2 heteroatoms. The van der Waals surface area contributed by atoms with Crippen molar-refractivity contribution >= 4 is 21.8 Å². The first kappa shape index (κ1) is 10.9. The molecule has 0 bridgehead atoms. The van der Waals surface area contributed by atoms with Gasteiger partial charge < -0.3 is 10.7 Å². The zero-order valence-electron chi connectivity index (χ0n) is 10.0. The van der Waals surface area contributed by atoms with E-state index in [2.05, 4.69) is 47.2 Å². The van der Waals surface area contributed by atoms with E-state index in [0.717, 1.165) is 17.5 Å². The van der Waals surface area contributed by atoms with Crippen molar-refractivity contribution in [3.63, 3.8) is 0 Å². The summed E-state index contributed by atoms with van der Waals surface area (Å²) in [5.41, 5.74) is 8.80. The number of para-hydroxylation sites is 1. The molecule has 0 saturated heterocycles. The summed E-state index contributed by atoms with van der Waals surface area (Å²) < 4.78 is 0. The van der Waals surface area contributed by atoms with Crippen LogP contribution in [0.2, 0.25) is 0 Å². The van der Waals surface area contributed by atoms with E-state index in [9.17, 15) is 0 Å². The molecule has 18 heavy (non-hydrogen) atoms. The van der Waals surface area contributed by atoms with E-state index >= 15 is 0 Å². The molecule has 2 nitrogen and oxygen atoms in total. The number of benzene rings is 2. The summed E-state index contributed by atoms with van der Waals surface area (Å²) in [6, 6.07) is 14.6. The van der Waals surface area contributed by atoms with Crippen LogP contribution in [0.15, 0.2) is 42.5 Å². The fraction of sp³-hybridized carbons (Fsp3) is 0.125. The molecule has 0 saturated carbocycles. The number of hydrogen-bond donors (Lipinski definition) is 2. The number of nitrogens with two attached hydrogens (primary N) is 1. The van der Waals surface area contributed by atoms with E-state index in [4.69, 9.17) is 5.73 Å². The Kier molecular flexibility index (Phi) is 2.76. The van der Waals surface area contributed by atoms with E-state index < -0.39 is 0 Å². The Labute approximate surface area is 106 Å². The molecule has 1 heterocycles. The van der Waals surface area contributed by atoms with Crippen molar-refractivity contribution in [2.75, 3.05) is 6.54 Å². The van der Waals surface area contributed by atoms with Crippen molar-refractivity contribution in [3.8, 4) is 11.8 Å². The molecular formula is C16H14N2. The maximum Gasteiger partial charge on any atom is 0.0465 e. The summed E-state index contributed by atoms with van der Waals surface area (Å²) in [5, 5.41) is 2.47. The summed E-state index contributed by atoms with van der Waals surface area (Å²) in [4.78, 5) is 3.40. The Morgan fingerprint density at radius 3 is 2.72 bits per heavy atom. The van der Waals surface area contributed by atoms with Gasteiger partial charge >= 0.3 is 0 Å². The van der Waals surface area contributed by atoms with Gasteiger partial charge in [0.15, 0.2) is 0 Å². The van der Waals surface area contributed by atoms with Crippen LogP contribution in [0.1, 0.15) is 12.0 Å². The number of rotatable bonds is 1. The predicted molar refractivity (Wildman–Crippen MR) is 76.4 cm³/mol. The number of hydrogen-bond acceptors (Lipinski definition) is 1. The molecule has 0 aliphatic carbocycles. The molecule has 3 N–H and O–H groups in total. The van der Waals surface area contributed by atoms with Gasteiger partial charge in [-0.25, -0.2) is 0 Å². The average molecular weight is 234 g/mol. The fourth-order valence-electron chi connectivity index (χ4n) is 2.16. The van der Waals surface area contributed by atoms with Crippen LogP contribution < -0.4 is 5.73 Å². The highest BCUT2D eigenvalue weighted by Gasteiger charge is 2.03. The van der Waals surface area contributed by atoms with Gasteiger partial charge in [0.1, 0.15) is 0 Å². The van der Waals surface area contributed by atoms with Crippen molar-refractivity contribution in [3.05, 3.63) is 48.0 Å². The van der Waals surface area contributed by atoms with Gasteiger partial charge in [0.2, 0.25) is 0 Å². The van der Waals surface area contributed by atoms with Gasteiger partial charge in [-0.1, -0.05) is 30.0 Å². The third-order valence-corrected chi connectivity index (χ3v) is 3.01. The monoisotopic (exact) mass is 234 g/mol. The molecule has 0 fully saturated rings. The Morgan fingerprint density at radius 2 is 1.83 bits per heavy atom. The third-order valence-electron chi connectivity index (χ3n) is 3.01. The van der Waals surface area contributed by atoms with Crippen LogP contribution in [0.5, 0.6) is 0 Å². The smallest absolute Gasteiger partial charge is 0.0465 e. The number of nitrogens with one attached hydrogen (secondary N) is 1. The number of fused-ring (bicyclic) bond motifs is 3. The molecule has 0 amide bonds. The molecule has 1 aromatic heterocycles. The Morgan fingerprint density at radius 1 is 1.00 bits per heavy atom. The molecular weight excluding hydrogens is 220 g/mol. The normalized spacial score (nSPS) is 10.5. The van der Waals surface area contributed by atoms with Gasteiger partial charge in [-0.3, -0.25) is 0 Å². The standard InChI is InChI=1S/C16H14N2/c17-10-4-3-5-12-8-9-16-14(11-12)13-6-1-2-7-15(13)18-16/h1-2,6-9,11,18H,4,10,17H2. The van der Waals surface area contributed by atoms with Gasteiger partial charge in [-0.05, 0) is 24.3 Å². The van der Waals surface area contributed by atoms with E-state index in [1.54, 1.807) is 0 Å². The lowest BCUT2D eigenvalue weighted by atomic mass is 10.1. The minimum absolute atomic E-state index is 0.613. The highest BCUT2D eigenvalue weighted by molar-refractivity contribution is 6.07. The minimum Gasteiger partial charge on any atom is -0.355 e. The van der Waals surface area contributed by atoms with Gasteiger partial charge in [-0.2, -0.15) is 0 Å². The van der Waals surface area contributed by atoms with Gasteiger partial charge in [0, 0.05) is 40.3 Å². The van der Waals surface area contributed by atoms with Crippen LogP contribution in [-0.2, 0) is 0 Å². The van der Waals surface area contributed by atoms with E-state index in [1.165, 1.54) is 16.3 Å². The van der Waals surface area contributed by atoms with Crippen molar-refractivity contribution in [2.45, 2.75) is 6.42 Å². The van der Waals surface area contributed by atoms with Crippen LogP contribution in [0.4, 0.5) is 0 Å². The number of aromatic nitrogens is 1. The first-order chi connectivity index (χ1) is 8.88. The van der Waals surface area contributed by atoms with Crippen molar-refractivity contribution in [1.29, 1.82) is 0 Å². The van der Waals surface area contributed by atoms with Gasteiger partial charge in [0.05, 0.1) is 0 Å². The second kappa shape index (κ2) is 4.56. The molecule has 0 aliphatic rings. The number of H-pyrrole nitrogens is 1. The van der Waals surface area contributed by atoms with E-state index in [0.29, 0.717) is 6.54 Å². The maximum atomic E-state index is 5.43. The first-order valence-electron chi connectivity index (χ1n) is 6.08. The molecule has 0 spiro atoms. The van der Waals surface area contributed by atoms with Crippen molar-refractivity contribution < 1.29 is 0 Å². The molecule has 3 rings (SSSR count). The van der Waals surface area contributed by atoms with Crippen LogP contribution >= 0.6 is 0 Å². The largest absolute Gasteiger partial charge is 0.355 e. The second-order valence-corrected chi connectivity index (χ2v) is 4.27. The zero-order chi connectivity index (χ0) is 12.4. The first-order valence-corrected chi connectivity index (χ1v) is 6.08. The quantitative estimate of drug-likeness (QED) is 0.624. The molecule has 2 aromatic carbocycles. The van der Waals surface area contributed by atoms with Crippen LogP contribution in [-0.4, -0.2) is 11.5 Å². The Bertz CT molecular complexity index is 757. The lowest BCUT2D eigenvalue weighted by Crippen LogP contribution is -1.95. The third kappa shape index (κ3) is 1.85. The van der Waals surface area contributed by atoms with Crippen LogP contribution in [0.25, 0.3) is 21.8 Å². The topological polar surface area (TPSA) is 41.8 Å². The summed E-state index contributed by atoms with van der Waals surface area (Å²) in [6.45, 7) is 0.613. The molecule has 0 unspecified atom stereocenters. The zero-order valence-corrected chi connectivity index (χ0v) is 10.0. The molecule has 0 radical (unpaired) electrons. The van der Waals surface area contributed by atoms with E-state index in [-0.39, 0.29) is 0 Å². The Hall–Kier alpha value is -2.24. The van der Waals surface area contributed by atoms with Gasteiger partial charge in [-0.15, -0.1) is 0 Å². The number of aromatic amines is 1. The van der Waals surface area contributed by atoms with Crippen molar-refractivity contribution in [2.24, 2.45) is 5.73 Å². The van der Waals surface area contributed by atoms with Gasteiger partial charge in [0.25, 0.3) is 0 Å². The SMILES string of the molecule is NCCC#Cc1ccc2[nH]c3ccccc3c2c1. The van der Waals surface area contributed by atoms with E-state index in [1.807, 2.05) is 12.1 Å². The second-order valence-electron chi connectivity index (χ2n) is 4.27. The summed E-state index contributed by atoms with van der Waals surface area (Å²) in [6.07, 6.45) is 0.742. The summed E-state index contributed by atoms with van der Waals surface area (Å²) in [7, 11) is 0. The minimum atomic E-state index is 0.613. The summed E-state index contributed by atoms with van der Waals surface area (Å²) >= 11 is 0.